The Balaban J connectivity index is 1.08. The van der Waals surface area contributed by atoms with Gasteiger partial charge in [-0.3, -0.25) is 4.79 Å². The number of hydrogen-bond acceptors (Lipinski definition) is 1. The van der Waals surface area contributed by atoms with Crippen molar-refractivity contribution in [2.45, 2.75) is 0 Å². The highest BCUT2D eigenvalue weighted by molar-refractivity contribution is 6.59. The van der Waals surface area contributed by atoms with Crippen LogP contribution in [0.4, 0.5) is 0 Å². The van der Waals surface area contributed by atoms with Gasteiger partial charge in [0.05, 0.1) is 0 Å². The predicted molar refractivity (Wildman–Crippen MR) is 356 cm³/mol. The van der Waals surface area contributed by atoms with Crippen LogP contribution in [0.2, 0.25) is 0 Å². The van der Waals surface area contributed by atoms with Crippen molar-refractivity contribution in [3.05, 3.63) is 404 Å². The lowest BCUT2D eigenvalue weighted by molar-refractivity contribution is -0.108. The zero-order valence-electron chi connectivity index (χ0n) is 47.0. The first kappa shape index (κ1) is 53.3. The highest BCUT2D eigenvalue weighted by Crippen LogP contribution is 2.56. The van der Waals surface area contributed by atoms with Gasteiger partial charge in [0.2, 0.25) is 0 Å². The molecule has 0 spiro atoms. The highest BCUT2D eigenvalue weighted by Gasteiger charge is 2.37. The molecule has 1 heteroatoms. The van der Waals surface area contributed by atoms with E-state index in [2.05, 4.69) is 163 Å². The van der Waals surface area contributed by atoms with E-state index in [1.54, 1.807) is 0 Å². The molecule has 0 heterocycles. The molecule has 0 aliphatic heterocycles. The van der Waals surface area contributed by atoms with Crippen LogP contribution in [-0.2, 0) is 4.79 Å². The van der Waals surface area contributed by atoms with E-state index in [0.29, 0.717) is 11.1 Å². The maximum absolute atomic E-state index is 16.1. The third kappa shape index (κ3) is 11.5. The summed E-state index contributed by atoms with van der Waals surface area (Å²) < 4.78 is 0. The minimum absolute atomic E-state index is 0.0709. The van der Waals surface area contributed by atoms with Crippen molar-refractivity contribution < 1.29 is 4.79 Å². The number of benzene rings is 11. The van der Waals surface area contributed by atoms with Gasteiger partial charge in [0.25, 0.3) is 0 Å². The first-order valence-corrected chi connectivity index (χ1v) is 28.6. The third-order valence-electron chi connectivity index (χ3n) is 15.2. The van der Waals surface area contributed by atoms with Crippen molar-refractivity contribution in [3.8, 4) is 47.4 Å². The minimum Gasteiger partial charge on any atom is -0.289 e. The monoisotopic (exact) mass is 1090 g/mol. The topological polar surface area (TPSA) is 17.1 Å². The van der Waals surface area contributed by atoms with Crippen LogP contribution in [0.5, 0.6) is 0 Å². The first-order chi connectivity index (χ1) is 42.5. The average Bonchev–Trinajstić information content (AvgIpc) is 1.80. The van der Waals surface area contributed by atoms with E-state index in [4.69, 9.17) is 6.58 Å². The molecule has 1 nitrogen and oxygen atoms in total. The number of hydrogen-bond donors (Lipinski definition) is 0. The van der Waals surface area contributed by atoms with Crippen molar-refractivity contribution in [1.29, 1.82) is 0 Å². The average molecular weight is 1090 g/mol. The lowest BCUT2D eigenvalue weighted by Gasteiger charge is -2.18. The summed E-state index contributed by atoms with van der Waals surface area (Å²) in [5.74, 6) is 27.7. The van der Waals surface area contributed by atoms with E-state index < -0.39 is 0 Å². The van der Waals surface area contributed by atoms with Crippen molar-refractivity contribution in [2.24, 2.45) is 0 Å². The van der Waals surface area contributed by atoms with Crippen LogP contribution in [0.15, 0.2) is 315 Å². The number of Topliss-reactive ketones (excluding diaryl/α,β-unsaturated/α-hetero) is 1. The fraction of sp³-hybridized carbons (Fsp3) is 0. The van der Waals surface area contributed by atoms with Gasteiger partial charge in [-0.05, 0) is 163 Å². The van der Waals surface area contributed by atoms with Gasteiger partial charge in [0, 0.05) is 66.8 Å². The third-order valence-corrected chi connectivity index (χ3v) is 15.2. The molecule has 11 aromatic carbocycles. The van der Waals surface area contributed by atoms with E-state index >= 15 is 4.79 Å². The van der Waals surface area contributed by atoms with Gasteiger partial charge in [0.1, 0.15) is 0 Å². The van der Waals surface area contributed by atoms with Crippen LogP contribution in [0.1, 0.15) is 89.0 Å². The lowest BCUT2D eigenvalue weighted by Crippen LogP contribution is -2.02. The summed E-state index contributed by atoms with van der Waals surface area (Å²) in [5, 5.41) is 0. The zero-order valence-corrected chi connectivity index (χ0v) is 47.0. The lowest BCUT2D eigenvalue weighted by atomic mass is 9.84. The van der Waals surface area contributed by atoms with Gasteiger partial charge in [-0.2, -0.15) is 0 Å². The fourth-order valence-corrected chi connectivity index (χ4v) is 11.4. The largest absolute Gasteiger partial charge is 0.289 e. The molecule has 0 saturated carbocycles. The second-order valence-corrected chi connectivity index (χ2v) is 20.9. The summed E-state index contributed by atoms with van der Waals surface area (Å²) in [7, 11) is 0. The normalized spacial score (nSPS) is 12.6. The molecule has 0 fully saturated rings. The first-order valence-electron chi connectivity index (χ1n) is 28.6. The van der Waals surface area contributed by atoms with Gasteiger partial charge in [-0.1, -0.05) is 266 Å². The highest BCUT2D eigenvalue weighted by atomic mass is 16.1. The van der Waals surface area contributed by atoms with Crippen molar-refractivity contribution in [2.75, 3.05) is 0 Å². The molecule has 0 N–H and O–H groups in total. The van der Waals surface area contributed by atoms with Crippen LogP contribution in [0.3, 0.4) is 0 Å². The van der Waals surface area contributed by atoms with Gasteiger partial charge >= 0.3 is 0 Å². The Kier molecular flexibility index (Phi) is 15.3. The molecule has 2 aliphatic rings. The number of carbonyl (C=O) groups excluding carboxylic acids is 1. The Hall–Kier alpha value is -12.0. The Morgan fingerprint density at radius 1 is 0.186 bits per heavy atom. The van der Waals surface area contributed by atoms with Crippen LogP contribution in [-0.4, -0.2) is 5.78 Å². The summed E-state index contributed by atoms with van der Waals surface area (Å²) >= 11 is 0. The van der Waals surface area contributed by atoms with Gasteiger partial charge in [-0.15, -0.1) is 0 Å². The van der Waals surface area contributed by atoms with Crippen LogP contribution in [0, 0.1) is 47.4 Å². The summed E-state index contributed by atoms with van der Waals surface area (Å²) in [4.78, 5) is 16.1. The van der Waals surface area contributed by atoms with Gasteiger partial charge < -0.3 is 0 Å². The summed E-state index contributed by atoms with van der Waals surface area (Å²) in [6, 6.07) is 103. The number of rotatable bonds is 8. The molecular formula is C85H52O. The number of carbonyl (C=O) groups is 1. The second-order valence-electron chi connectivity index (χ2n) is 20.9. The van der Waals surface area contributed by atoms with Crippen LogP contribution < -0.4 is 0 Å². The summed E-state index contributed by atoms with van der Waals surface area (Å²) in [6.07, 6.45) is 0. The molecule has 0 aromatic heterocycles. The molecule has 2 aliphatic carbocycles. The molecule has 398 valence electrons. The maximum Gasteiger partial charge on any atom is 0.195 e. The Morgan fingerprint density at radius 2 is 0.407 bits per heavy atom. The van der Waals surface area contributed by atoms with Gasteiger partial charge in [0.15, 0.2) is 5.78 Å². The van der Waals surface area contributed by atoms with Crippen LogP contribution >= 0.6 is 0 Å². The van der Waals surface area contributed by atoms with Gasteiger partial charge in [-0.25, -0.2) is 0 Å². The fourth-order valence-electron chi connectivity index (χ4n) is 11.4. The zero-order chi connectivity index (χ0) is 58.0. The Morgan fingerprint density at radius 3 is 0.709 bits per heavy atom. The molecule has 11 aromatic rings. The molecule has 0 radical (unpaired) electrons. The molecular weight excluding hydrogens is 1040 g/mol. The second kappa shape index (κ2) is 24.6. The van der Waals surface area contributed by atoms with Crippen molar-refractivity contribution >= 4 is 50.4 Å². The summed E-state index contributed by atoms with van der Waals surface area (Å²) in [5.41, 5.74) is 21.7. The number of ketones is 1. The molecule has 0 saturated heterocycles. The summed E-state index contributed by atoms with van der Waals surface area (Å²) in [6.45, 7) is 5.00. The van der Waals surface area contributed by atoms with Crippen molar-refractivity contribution in [3.63, 3.8) is 0 Å². The molecule has 0 unspecified atom stereocenters. The standard InChI is InChI=1S/C85H52O/c1-60-77(69-35-18-6-19-36-69)79(81(78(60)70-37-20-7-21-38-70)75-55-65(49-45-61-27-10-2-11-28-61)53-66(56-75)50-46-62-29-12-3-13-30-62)73-43-26-44-74(59-73)80-82(84(72-41-24-9-25-42-72)85(86)83(80)71-39-22-8-23-40-71)76-57-67(51-47-63-31-14-4-15-32-63)54-68(58-76)52-48-64-33-16-5-17-34-64/h2-44,53-59H,1H2. The molecule has 0 atom stereocenters. The van der Waals surface area contributed by atoms with E-state index in [0.717, 1.165) is 128 Å². The van der Waals surface area contributed by atoms with E-state index in [9.17, 15) is 0 Å². The minimum atomic E-state index is -0.0709. The van der Waals surface area contributed by atoms with Crippen molar-refractivity contribution in [1.82, 2.24) is 0 Å². The smallest absolute Gasteiger partial charge is 0.195 e. The Labute approximate surface area is 504 Å². The van der Waals surface area contributed by atoms with Crippen LogP contribution in [0.25, 0.3) is 44.6 Å². The molecule has 0 bridgehead atoms. The van der Waals surface area contributed by atoms with E-state index in [1.165, 1.54) is 0 Å². The predicted octanol–water partition coefficient (Wildman–Crippen LogP) is 18.5. The van der Waals surface area contributed by atoms with E-state index in [-0.39, 0.29) is 5.78 Å². The molecule has 13 rings (SSSR count). The maximum atomic E-state index is 16.1. The van der Waals surface area contributed by atoms with E-state index in [1.807, 2.05) is 188 Å². The molecule has 0 amide bonds. The molecule has 86 heavy (non-hydrogen) atoms. The quantitative estimate of drug-likeness (QED) is 0.139. The number of allylic oxidation sites excluding steroid dienone is 9. The SMILES string of the molecule is C=C1C(c2ccccc2)=C(c2cc(C#Cc3ccccc3)cc(C#Cc3ccccc3)c2)C(c2cccc(C3=C(c4ccccc4)C(=O)C(c4ccccc4)=C3c3cc(C#Cc4ccccc4)cc(C#Cc4ccccc4)c3)c2)=C1c1ccccc1. The Bertz CT molecular complexity index is 4360.